The first kappa shape index (κ1) is 13.9. The Bertz CT molecular complexity index is 566. The van der Waals surface area contributed by atoms with Crippen LogP contribution >= 0.6 is 0 Å². The Hall–Kier alpha value is -1.57. The van der Waals surface area contributed by atoms with Gasteiger partial charge in [-0.05, 0) is 25.0 Å². The number of hydrogen-bond donors (Lipinski definition) is 0. The Morgan fingerprint density at radius 2 is 1.79 bits per heavy atom. The molecule has 1 heterocycles. The largest absolute Gasteiger partial charge is 0.510 e. The first-order valence-corrected chi connectivity index (χ1v) is 5.94. The van der Waals surface area contributed by atoms with Crippen molar-refractivity contribution < 1.29 is 20.1 Å². The van der Waals surface area contributed by atoms with Crippen LogP contribution in [-0.4, -0.2) is 11.9 Å². The first-order chi connectivity index (χ1) is 8.83. The number of hydrogen-bond acceptors (Lipinski definition) is 2. The third kappa shape index (κ3) is 3.06. The summed E-state index contributed by atoms with van der Waals surface area (Å²) in [4.78, 5) is 4.08. The second kappa shape index (κ2) is 6.05. The summed E-state index contributed by atoms with van der Waals surface area (Å²) in [5.74, 6) is 0. The van der Waals surface area contributed by atoms with Gasteiger partial charge in [0.25, 0.3) is 0 Å². The molecule has 0 aromatic heterocycles. The minimum Gasteiger partial charge on any atom is -0.510 e. The van der Waals surface area contributed by atoms with Gasteiger partial charge in [0.1, 0.15) is 0 Å². The number of anilines is 1. The predicted molar refractivity (Wildman–Crippen MR) is 74.4 cm³/mol. The molecule has 0 atom stereocenters. The van der Waals surface area contributed by atoms with Crippen molar-refractivity contribution in [3.05, 3.63) is 73.7 Å². The second-order valence-corrected chi connectivity index (χ2v) is 4.31. The van der Waals surface area contributed by atoms with E-state index < -0.39 is 0 Å². The van der Waals surface area contributed by atoms with Crippen LogP contribution in [0.25, 0.3) is 11.1 Å². The molecule has 2 nitrogen and oxygen atoms in total. The molecule has 3 rings (SSSR count). The summed E-state index contributed by atoms with van der Waals surface area (Å²) in [5, 5.41) is 0. The minimum absolute atomic E-state index is 0. The fraction of sp³-hybridized carbons (Fsp3) is 0.0625. The summed E-state index contributed by atoms with van der Waals surface area (Å²) in [5.41, 5.74) is 3.49. The van der Waals surface area contributed by atoms with Gasteiger partial charge in [-0.2, -0.15) is 24.9 Å². The normalized spacial score (nSPS) is 13.5. The zero-order valence-corrected chi connectivity index (χ0v) is 13.0. The smallest absolute Gasteiger partial charge is 0 e. The van der Waals surface area contributed by atoms with Gasteiger partial charge in [0.05, 0.1) is 0 Å². The molecule has 0 fully saturated rings. The maximum absolute atomic E-state index is 3.26. The molecule has 0 saturated carbocycles. The van der Waals surface area contributed by atoms with E-state index in [9.17, 15) is 0 Å². The van der Waals surface area contributed by atoms with E-state index in [2.05, 4.69) is 47.4 Å². The van der Waals surface area contributed by atoms with Gasteiger partial charge in [-0.25, -0.2) is 0 Å². The molecule has 0 saturated heterocycles. The van der Waals surface area contributed by atoms with Crippen molar-refractivity contribution in [1.82, 2.24) is 4.90 Å². The van der Waals surface area contributed by atoms with E-state index in [0.717, 1.165) is 5.69 Å². The van der Waals surface area contributed by atoms with Crippen LogP contribution < -0.4 is 4.90 Å². The quantitative estimate of drug-likeness (QED) is 0.679. The van der Waals surface area contributed by atoms with E-state index in [0.29, 0.717) is 0 Å². The van der Waals surface area contributed by atoms with Crippen LogP contribution in [-0.2, 0) is 20.1 Å². The summed E-state index contributed by atoms with van der Waals surface area (Å²) in [6.45, 7) is 2.03. The Morgan fingerprint density at radius 3 is 2.47 bits per heavy atom. The average Bonchev–Trinajstić information content (AvgIpc) is 2.87. The maximum Gasteiger partial charge on any atom is 0 e. The molecule has 0 unspecified atom stereocenters. The number of benzene rings is 2. The van der Waals surface area contributed by atoms with E-state index in [1.165, 1.54) is 11.1 Å². The molecule has 0 N–H and O–H groups in total. The third-order valence-corrected chi connectivity index (χ3v) is 2.94. The molecular formula is C16H14IrN2-2. The van der Waals surface area contributed by atoms with Crippen LogP contribution in [0.3, 0.4) is 0 Å². The predicted octanol–water partition coefficient (Wildman–Crippen LogP) is 3.49. The minimum atomic E-state index is 0. The van der Waals surface area contributed by atoms with Crippen molar-refractivity contribution >= 4 is 5.69 Å². The van der Waals surface area contributed by atoms with E-state index >= 15 is 0 Å². The summed E-state index contributed by atoms with van der Waals surface area (Å²) in [6.07, 6.45) is 4.05. The molecular weight excluding hydrogens is 412 g/mol. The van der Waals surface area contributed by atoms with Gasteiger partial charge in [0, 0.05) is 20.1 Å². The van der Waals surface area contributed by atoms with Crippen LogP contribution in [0.15, 0.2) is 60.9 Å². The Kier molecular flexibility index (Phi) is 4.41. The molecule has 3 heteroatoms. The summed E-state index contributed by atoms with van der Waals surface area (Å²) < 4.78 is 0. The van der Waals surface area contributed by atoms with Crippen molar-refractivity contribution in [2.75, 3.05) is 11.9 Å². The van der Waals surface area contributed by atoms with Crippen LogP contribution in [0.2, 0.25) is 0 Å². The molecule has 19 heavy (non-hydrogen) atoms. The first-order valence-electron chi connectivity index (χ1n) is 5.94. The Balaban J connectivity index is 0.00000133. The van der Waals surface area contributed by atoms with Gasteiger partial charge in [-0.3, -0.25) is 0 Å². The van der Waals surface area contributed by atoms with Gasteiger partial charge in [-0.15, -0.1) is 17.3 Å². The van der Waals surface area contributed by atoms with Gasteiger partial charge in [0.15, 0.2) is 0 Å². The summed E-state index contributed by atoms with van der Waals surface area (Å²) in [7, 11) is 2.01. The van der Waals surface area contributed by atoms with Crippen molar-refractivity contribution in [3.63, 3.8) is 0 Å². The monoisotopic (exact) mass is 427 g/mol. The molecule has 0 amide bonds. The number of rotatable bonds is 2. The van der Waals surface area contributed by atoms with Gasteiger partial charge < -0.3 is 9.80 Å². The van der Waals surface area contributed by atoms with Crippen molar-refractivity contribution in [1.29, 1.82) is 0 Å². The van der Waals surface area contributed by atoms with Gasteiger partial charge in [-0.1, -0.05) is 30.3 Å². The van der Waals surface area contributed by atoms with Crippen LogP contribution in [0, 0.1) is 12.7 Å². The molecule has 2 aromatic rings. The molecule has 99 valence electrons. The molecule has 1 radical (unpaired) electrons. The Labute approximate surface area is 127 Å². The van der Waals surface area contributed by atoms with Gasteiger partial charge in [0.2, 0.25) is 0 Å². The van der Waals surface area contributed by atoms with Crippen LogP contribution in [0.5, 0.6) is 0 Å². The third-order valence-electron chi connectivity index (χ3n) is 2.94. The zero-order chi connectivity index (χ0) is 12.4. The topological polar surface area (TPSA) is 6.48 Å². The summed E-state index contributed by atoms with van der Waals surface area (Å²) >= 11 is 0. The number of nitrogens with zero attached hydrogens (tertiary/aromatic N) is 2. The standard InChI is InChI=1S/C16H14N2.Ir/c1-17-10-11-18(13-17)16-9-5-8-15(12-16)14-6-3-2-4-7-14;/h2-8,10-13H,1H3;/q-2;. The van der Waals surface area contributed by atoms with Crippen molar-refractivity contribution in [3.8, 4) is 11.1 Å². The zero-order valence-electron chi connectivity index (χ0n) is 10.6. The summed E-state index contributed by atoms with van der Waals surface area (Å²) in [6, 6.07) is 19.8. The van der Waals surface area contributed by atoms with E-state index in [4.69, 9.17) is 0 Å². The van der Waals surface area contributed by atoms with Crippen LogP contribution in [0.4, 0.5) is 5.69 Å². The van der Waals surface area contributed by atoms with E-state index in [-0.39, 0.29) is 20.1 Å². The maximum atomic E-state index is 3.26. The van der Waals surface area contributed by atoms with Crippen molar-refractivity contribution in [2.24, 2.45) is 0 Å². The van der Waals surface area contributed by atoms with E-state index in [1.54, 1.807) is 0 Å². The fourth-order valence-electron chi connectivity index (χ4n) is 2.01. The van der Waals surface area contributed by atoms with E-state index in [1.807, 2.05) is 43.1 Å². The van der Waals surface area contributed by atoms with Crippen LogP contribution in [0.1, 0.15) is 0 Å². The second-order valence-electron chi connectivity index (χ2n) is 4.31. The molecule has 2 aromatic carbocycles. The van der Waals surface area contributed by atoms with Crippen molar-refractivity contribution in [2.45, 2.75) is 0 Å². The molecule has 0 spiro atoms. The fourth-order valence-corrected chi connectivity index (χ4v) is 2.01. The SMILES string of the molecule is CN1C=CN(c2[c-]ccc(-c3ccccc3)c2)[CH-]1.[Ir]. The molecule has 1 aliphatic rings. The Morgan fingerprint density at radius 1 is 1.00 bits per heavy atom. The van der Waals surface area contributed by atoms with Gasteiger partial charge >= 0.3 is 0 Å². The molecule has 1 aliphatic heterocycles. The molecule has 0 aliphatic carbocycles. The molecule has 0 bridgehead atoms. The average molecular weight is 427 g/mol.